The number of halogens is 1. The molecule has 0 aromatic heterocycles. The molecule has 0 saturated carbocycles. The molecule has 7 heteroatoms. The molecule has 0 unspecified atom stereocenters. The number of nitrogens with zero attached hydrogens (tertiary/aromatic N) is 2. The van der Waals surface area contributed by atoms with Gasteiger partial charge in [0, 0.05) is 31.8 Å². The van der Waals surface area contributed by atoms with Crippen LogP contribution in [0.25, 0.3) is 0 Å². The molecule has 0 amide bonds. The van der Waals surface area contributed by atoms with Crippen LogP contribution < -0.4 is 4.90 Å². The fourth-order valence-corrected chi connectivity index (χ4v) is 1.58. The normalized spacial score (nSPS) is 10.1. The van der Waals surface area contributed by atoms with E-state index in [0.29, 0.717) is 18.7 Å². The quantitative estimate of drug-likeness (QED) is 0.450. The van der Waals surface area contributed by atoms with Gasteiger partial charge in [-0.2, -0.15) is 0 Å². The number of esters is 1. The lowest BCUT2D eigenvalue weighted by molar-refractivity contribution is -0.385. The van der Waals surface area contributed by atoms with Crippen molar-refractivity contribution in [1.82, 2.24) is 0 Å². The number of rotatable bonds is 6. The van der Waals surface area contributed by atoms with Crippen LogP contribution in [0.3, 0.4) is 0 Å². The number of methoxy groups -OCH3 is 1. The molecule has 19 heavy (non-hydrogen) atoms. The molecule has 0 radical (unpaired) electrons. The van der Waals surface area contributed by atoms with E-state index in [2.05, 4.69) is 4.74 Å². The summed E-state index contributed by atoms with van der Waals surface area (Å²) < 4.78 is 17.7. The minimum Gasteiger partial charge on any atom is -0.469 e. The molecular formula is C12H15FN2O4. The van der Waals surface area contributed by atoms with E-state index in [-0.39, 0.29) is 18.1 Å². The minimum atomic E-state index is -0.663. The van der Waals surface area contributed by atoms with Crippen molar-refractivity contribution in [2.45, 2.75) is 12.8 Å². The Balaban J connectivity index is 2.68. The summed E-state index contributed by atoms with van der Waals surface area (Å²) in [6.07, 6.45) is 0.770. The zero-order chi connectivity index (χ0) is 14.4. The first kappa shape index (κ1) is 14.9. The molecule has 0 aliphatic heterocycles. The van der Waals surface area contributed by atoms with Crippen LogP contribution in [0.2, 0.25) is 0 Å². The summed E-state index contributed by atoms with van der Waals surface area (Å²) in [7, 11) is 2.98. The van der Waals surface area contributed by atoms with E-state index in [4.69, 9.17) is 0 Å². The number of nitro groups is 1. The maximum absolute atomic E-state index is 13.2. The number of ether oxygens (including phenoxy) is 1. The average molecular weight is 270 g/mol. The predicted molar refractivity (Wildman–Crippen MR) is 67.6 cm³/mol. The lowest BCUT2D eigenvalue weighted by Gasteiger charge is -2.18. The third-order valence-corrected chi connectivity index (χ3v) is 2.62. The Labute approximate surface area is 109 Å². The van der Waals surface area contributed by atoms with E-state index in [9.17, 15) is 19.3 Å². The molecule has 0 N–H and O–H groups in total. The zero-order valence-electron chi connectivity index (χ0n) is 10.8. The SMILES string of the molecule is COC(=O)CCCN(C)c1cc(F)cc([N+](=O)[O-])c1. The third-order valence-electron chi connectivity index (χ3n) is 2.62. The second-order valence-corrected chi connectivity index (χ2v) is 4.03. The van der Waals surface area contributed by atoms with Crippen molar-refractivity contribution in [3.8, 4) is 0 Å². The van der Waals surface area contributed by atoms with Crippen LogP contribution >= 0.6 is 0 Å². The summed E-state index contributed by atoms with van der Waals surface area (Å²) in [4.78, 5) is 22.6. The Kier molecular flexibility index (Phi) is 5.23. The highest BCUT2D eigenvalue weighted by Gasteiger charge is 2.12. The van der Waals surface area contributed by atoms with Crippen molar-refractivity contribution >= 4 is 17.3 Å². The number of hydrogen-bond donors (Lipinski definition) is 0. The van der Waals surface area contributed by atoms with Gasteiger partial charge in [0.15, 0.2) is 0 Å². The van der Waals surface area contributed by atoms with Crippen molar-refractivity contribution in [3.63, 3.8) is 0 Å². The molecule has 0 fully saturated rings. The van der Waals surface area contributed by atoms with E-state index >= 15 is 0 Å². The Hall–Kier alpha value is -2.18. The van der Waals surface area contributed by atoms with Gasteiger partial charge in [0.25, 0.3) is 5.69 Å². The summed E-state index contributed by atoms with van der Waals surface area (Å²) in [5.41, 5.74) is 0.103. The van der Waals surface area contributed by atoms with E-state index in [1.54, 1.807) is 11.9 Å². The molecule has 0 spiro atoms. The van der Waals surface area contributed by atoms with E-state index in [1.807, 2.05) is 0 Å². The lowest BCUT2D eigenvalue weighted by atomic mass is 10.2. The third kappa shape index (κ3) is 4.53. The highest BCUT2D eigenvalue weighted by molar-refractivity contribution is 5.69. The van der Waals surface area contributed by atoms with Crippen LogP contribution in [-0.2, 0) is 9.53 Å². The van der Waals surface area contributed by atoms with Crippen molar-refractivity contribution in [1.29, 1.82) is 0 Å². The molecular weight excluding hydrogens is 255 g/mol. The van der Waals surface area contributed by atoms with Gasteiger partial charge in [-0.1, -0.05) is 0 Å². The Morgan fingerprint density at radius 1 is 1.47 bits per heavy atom. The second-order valence-electron chi connectivity index (χ2n) is 4.03. The molecule has 1 rings (SSSR count). The molecule has 1 aromatic carbocycles. The van der Waals surface area contributed by atoms with Gasteiger partial charge in [-0.25, -0.2) is 4.39 Å². The van der Waals surface area contributed by atoms with Gasteiger partial charge in [0.1, 0.15) is 5.82 Å². The number of benzene rings is 1. The van der Waals surface area contributed by atoms with Crippen molar-refractivity contribution in [2.24, 2.45) is 0 Å². The smallest absolute Gasteiger partial charge is 0.305 e. The topological polar surface area (TPSA) is 72.7 Å². The monoisotopic (exact) mass is 270 g/mol. The summed E-state index contributed by atoms with van der Waals surface area (Å²) in [6.45, 7) is 0.468. The summed E-state index contributed by atoms with van der Waals surface area (Å²) in [6, 6.07) is 3.37. The molecule has 0 bridgehead atoms. The molecule has 6 nitrogen and oxygen atoms in total. The number of carbonyl (C=O) groups is 1. The Morgan fingerprint density at radius 2 is 2.16 bits per heavy atom. The van der Waals surface area contributed by atoms with Crippen molar-refractivity contribution < 1.29 is 18.8 Å². The Morgan fingerprint density at radius 3 is 2.74 bits per heavy atom. The molecule has 1 aromatic rings. The number of hydrogen-bond acceptors (Lipinski definition) is 5. The highest BCUT2D eigenvalue weighted by Crippen LogP contribution is 2.22. The largest absolute Gasteiger partial charge is 0.469 e. The van der Waals surface area contributed by atoms with Gasteiger partial charge in [0.2, 0.25) is 0 Å². The van der Waals surface area contributed by atoms with Gasteiger partial charge < -0.3 is 9.64 Å². The van der Waals surface area contributed by atoms with E-state index in [1.165, 1.54) is 19.2 Å². The van der Waals surface area contributed by atoms with Crippen molar-refractivity contribution in [3.05, 3.63) is 34.1 Å². The molecule has 0 saturated heterocycles. The van der Waals surface area contributed by atoms with Gasteiger partial charge in [0.05, 0.1) is 18.1 Å². The Bertz CT molecular complexity index is 479. The predicted octanol–water partition coefficient (Wildman–Crippen LogP) is 2.12. The van der Waals surface area contributed by atoms with Gasteiger partial charge in [-0.15, -0.1) is 0 Å². The summed E-state index contributed by atoms with van der Waals surface area (Å²) in [5, 5.41) is 10.6. The van der Waals surface area contributed by atoms with Gasteiger partial charge >= 0.3 is 5.97 Å². The standard InChI is InChI=1S/C12H15FN2O4/c1-14(5-3-4-12(16)19-2)10-6-9(13)7-11(8-10)15(17)18/h6-8H,3-5H2,1-2H3. The molecule has 0 aliphatic carbocycles. The fourth-order valence-electron chi connectivity index (χ4n) is 1.58. The number of nitro benzene ring substituents is 1. The van der Waals surface area contributed by atoms with Crippen LogP contribution in [0.15, 0.2) is 18.2 Å². The number of carbonyl (C=O) groups excluding carboxylic acids is 1. The first-order valence-electron chi connectivity index (χ1n) is 5.67. The highest BCUT2D eigenvalue weighted by atomic mass is 19.1. The first-order valence-corrected chi connectivity index (χ1v) is 5.67. The number of anilines is 1. The first-order chi connectivity index (χ1) is 8.93. The number of non-ortho nitro benzene ring substituents is 1. The molecule has 0 atom stereocenters. The molecule has 0 aliphatic rings. The summed E-state index contributed by atoms with van der Waals surface area (Å²) >= 11 is 0. The van der Waals surface area contributed by atoms with Crippen LogP contribution in [0.4, 0.5) is 15.8 Å². The second kappa shape index (κ2) is 6.67. The van der Waals surface area contributed by atoms with Gasteiger partial charge in [-0.3, -0.25) is 14.9 Å². The van der Waals surface area contributed by atoms with Crippen LogP contribution in [0.1, 0.15) is 12.8 Å². The van der Waals surface area contributed by atoms with Crippen LogP contribution in [0, 0.1) is 15.9 Å². The molecule has 0 heterocycles. The maximum atomic E-state index is 13.2. The van der Waals surface area contributed by atoms with E-state index in [0.717, 1.165) is 6.07 Å². The van der Waals surface area contributed by atoms with E-state index < -0.39 is 10.7 Å². The van der Waals surface area contributed by atoms with Gasteiger partial charge in [-0.05, 0) is 12.5 Å². The zero-order valence-corrected chi connectivity index (χ0v) is 10.8. The van der Waals surface area contributed by atoms with Crippen LogP contribution in [-0.4, -0.2) is 31.6 Å². The van der Waals surface area contributed by atoms with Crippen molar-refractivity contribution in [2.75, 3.05) is 25.6 Å². The average Bonchev–Trinajstić information content (AvgIpc) is 2.37. The fraction of sp³-hybridized carbons (Fsp3) is 0.417. The van der Waals surface area contributed by atoms with Crippen LogP contribution in [0.5, 0.6) is 0 Å². The summed E-state index contributed by atoms with van der Waals surface area (Å²) in [5.74, 6) is -0.984. The minimum absolute atomic E-state index is 0.248. The maximum Gasteiger partial charge on any atom is 0.305 e. The lowest BCUT2D eigenvalue weighted by Crippen LogP contribution is -2.19. The molecule has 104 valence electrons.